The molecule has 2 heterocycles. The molecule has 0 aliphatic carbocycles. The van der Waals surface area contributed by atoms with Crippen LogP contribution in [0.1, 0.15) is 32.5 Å². The third-order valence-corrected chi connectivity index (χ3v) is 4.61. The van der Waals surface area contributed by atoms with Gasteiger partial charge in [-0.05, 0) is 35.9 Å². The molecule has 2 atom stereocenters. The summed E-state index contributed by atoms with van der Waals surface area (Å²) >= 11 is 1.84. The number of aliphatic carboxylic acids is 1. The standard InChI is InChI=1S/C10H16N4O2S/c1-7(8(15)16)6-14-9(11-12-13-14)10(2)4-3-5-17-10/h7H,3-6H2,1-2H3,(H,15,16). The van der Waals surface area contributed by atoms with E-state index in [9.17, 15) is 4.79 Å². The highest BCUT2D eigenvalue weighted by Crippen LogP contribution is 2.45. The van der Waals surface area contributed by atoms with Gasteiger partial charge in [0.25, 0.3) is 0 Å². The van der Waals surface area contributed by atoms with Crippen LogP contribution in [0.15, 0.2) is 0 Å². The van der Waals surface area contributed by atoms with E-state index in [0.29, 0.717) is 6.54 Å². The summed E-state index contributed by atoms with van der Waals surface area (Å²) in [5.74, 6) is 0.605. The van der Waals surface area contributed by atoms with Gasteiger partial charge in [-0.1, -0.05) is 6.92 Å². The number of rotatable bonds is 4. The van der Waals surface area contributed by atoms with Crippen molar-refractivity contribution in [3.05, 3.63) is 5.82 Å². The first-order valence-corrected chi connectivity index (χ1v) is 6.65. The summed E-state index contributed by atoms with van der Waals surface area (Å²) in [5, 5.41) is 20.6. The van der Waals surface area contributed by atoms with Crippen molar-refractivity contribution in [2.75, 3.05) is 5.75 Å². The van der Waals surface area contributed by atoms with Crippen LogP contribution in [0.2, 0.25) is 0 Å². The Morgan fingerprint density at radius 2 is 2.47 bits per heavy atom. The Balaban J connectivity index is 2.19. The Hall–Kier alpha value is -1.11. The number of nitrogens with zero attached hydrogens (tertiary/aromatic N) is 4. The number of hydrogen-bond acceptors (Lipinski definition) is 5. The van der Waals surface area contributed by atoms with Crippen LogP contribution in [0, 0.1) is 5.92 Å². The fraction of sp³-hybridized carbons (Fsp3) is 0.800. The fourth-order valence-electron chi connectivity index (χ4n) is 2.00. The number of carbonyl (C=O) groups is 1. The molecule has 0 bridgehead atoms. The molecular weight excluding hydrogens is 240 g/mol. The topological polar surface area (TPSA) is 80.9 Å². The molecule has 94 valence electrons. The van der Waals surface area contributed by atoms with E-state index in [4.69, 9.17) is 5.11 Å². The number of hydrogen-bond donors (Lipinski definition) is 1. The molecule has 1 N–H and O–H groups in total. The van der Waals surface area contributed by atoms with Gasteiger partial charge in [0.05, 0.1) is 17.2 Å². The monoisotopic (exact) mass is 256 g/mol. The zero-order valence-electron chi connectivity index (χ0n) is 9.96. The van der Waals surface area contributed by atoms with Crippen molar-refractivity contribution in [1.29, 1.82) is 0 Å². The van der Waals surface area contributed by atoms with Gasteiger partial charge < -0.3 is 5.11 Å². The molecule has 1 fully saturated rings. The predicted molar refractivity (Wildman–Crippen MR) is 63.7 cm³/mol. The number of aromatic nitrogens is 4. The molecule has 1 saturated heterocycles. The van der Waals surface area contributed by atoms with E-state index in [1.807, 2.05) is 11.8 Å². The summed E-state index contributed by atoms with van der Waals surface area (Å²) in [6.45, 7) is 4.12. The fourth-order valence-corrected chi connectivity index (χ4v) is 3.30. The molecule has 7 heteroatoms. The highest BCUT2D eigenvalue weighted by atomic mass is 32.2. The maximum absolute atomic E-state index is 10.9. The van der Waals surface area contributed by atoms with Crippen LogP contribution < -0.4 is 0 Å². The van der Waals surface area contributed by atoms with Crippen molar-refractivity contribution in [3.8, 4) is 0 Å². The molecule has 1 aromatic heterocycles. The molecule has 0 radical (unpaired) electrons. The number of thioether (sulfide) groups is 1. The largest absolute Gasteiger partial charge is 0.481 e. The van der Waals surface area contributed by atoms with Crippen LogP contribution >= 0.6 is 11.8 Å². The second kappa shape index (κ2) is 4.64. The molecule has 2 unspecified atom stereocenters. The van der Waals surface area contributed by atoms with Gasteiger partial charge in [0.1, 0.15) is 0 Å². The number of carboxylic acid groups (broad SMARTS) is 1. The molecular formula is C10H16N4O2S. The van der Waals surface area contributed by atoms with Crippen molar-refractivity contribution < 1.29 is 9.90 Å². The lowest BCUT2D eigenvalue weighted by atomic mass is 10.0. The first-order chi connectivity index (χ1) is 8.03. The zero-order chi connectivity index (χ0) is 12.5. The van der Waals surface area contributed by atoms with Gasteiger partial charge in [-0.3, -0.25) is 4.79 Å². The van der Waals surface area contributed by atoms with Gasteiger partial charge in [-0.15, -0.1) is 16.9 Å². The lowest BCUT2D eigenvalue weighted by molar-refractivity contribution is -0.141. The van der Waals surface area contributed by atoms with Crippen molar-refractivity contribution in [1.82, 2.24) is 20.2 Å². The van der Waals surface area contributed by atoms with Crippen LogP contribution in [0.25, 0.3) is 0 Å². The summed E-state index contributed by atoms with van der Waals surface area (Å²) in [6, 6.07) is 0. The van der Waals surface area contributed by atoms with E-state index in [1.54, 1.807) is 11.6 Å². The van der Waals surface area contributed by atoms with Gasteiger partial charge in [-0.2, -0.15) is 0 Å². The summed E-state index contributed by atoms with van der Waals surface area (Å²) in [6.07, 6.45) is 2.20. The van der Waals surface area contributed by atoms with Gasteiger partial charge in [0, 0.05) is 0 Å². The first-order valence-electron chi connectivity index (χ1n) is 5.66. The zero-order valence-corrected chi connectivity index (χ0v) is 10.8. The average molecular weight is 256 g/mol. The van der Waals surface area contributed by atoms with Crippen molar-refractivity contribution >= 4 is 17.7 Å². The van der Waals surface area contributed by atoms with Crippen LogP contribution in [0.4, 0.5) is 0 Å². The smallest absolute Gasteiger partial charge is 0.308 e. The minimum atomic E-state index is -0.823. The van der Waals surface area contributed by atoms with Crippen molar-refractivity contribution in [3.63, 3.8) is 0 Å². The van der Waals surface area contributed by atoms with Crippen LogP contribution in [-0.2, 0) is 16.1 Å². The predicted octanol–water partition coefficient (Wildman–Crippen LogP) is 1.14. The third kappa shape index (κ3) is 2.43. The second-order valence-electron chi connectivity index (χ2n) is 4.61. The summed E-state index contributed by atoms with van der Waals surface area (Å²) in [7, 11) is 0. The molecule has 2 rings (SSSR count). The molecule has 17 heavy (non-hydrogen) atoms. The Labute approximate surface area is 104 Å². The Morgan fingerprint density at radius 1 is 1.71 bits per heavy atom. The van der Waals surface area contributed by atoms with Crippen LogP contribution in [0.5, 0.6) is 0 Å². The van der Waals surface area contributed by atoms with Gasteiger partial charge >= 0.3 is 5.97 Å². The maximum atomic E-state index is 10.9. The van der Waals surface area contributed by atoms with Crippen LogP contribution in [0.3, 0.4) is 0 Å². The van der Waals surface area contributed by atoms with Crippen molar-refractivity contribution in [2.45, 2.75) is 38.0 Å². The summed E-state index contributed by atoms with van der Waals surface area (Å²) in [5.41, 5.74) is 0. The molecule has 0 saturated carbocycles. The van der Waals surface area contributed by atoms with Gasteiger partial charge in [0.2, 0.25) is 0 Å². The highest BCUT2D eigenvalue weighted by Gasteiger charge is 2.37. The normalized spacial score (nSPS) is 26.0. The minimum absolute atomic E-state index is 0.0677. The average Bonchev–Trinajstić information content (AvgIpc) is 2.87. The molecule has 6 nitrogen and oxygen atoms in total. The minimum Gasteiger partial charge on any atom is -0.481 e. The second-order valence-corrected chi connectivity index (χ2v) is 6.20. The van der Waals surface area contributed by atoms with E-state index in [2.05, 4.69) is 22.4 Å². The first kappa shape index (κ1) is 12.3. The number of carboxylic acids is 1. The van der Waals surface area contributed by atoms with E-state index < -0.39 is 11.9 Å². The lowest BCUT2D eigenvalue weighted by Gasteiger charge is -2.21. The SMILES string of the molecule is CC(Cn1nnnc1C1(C)CCCS1)C(=O)O. The third-order valence-electron chi connectivity index (χ3n) is 3.09. The Kier molecular flexibility index (Phi) is 3.37. The van der Waals surface area contributed by atoms with Gasteiger partial charge in [-0.25, -0.2) is 4.68 Å². The van der Waals surface area contributed by atoms with E-state index in [0.717, 1.165) is 24.4 Å². The van der Waals surface area contributed by atoms with Crippen molar-refractivity contribution in [2.24, 2.45) is 5.92 Å². The Bertz CT molecular complexity index is 414. The van der Waals surface area contributed by atoms with Gasteiger partial charge in [0.15, 0.2) is 5.82 Å². The molecule has 1 aliphatic heterocycles. The van der Waals surface area contributed by atoms with E-state index in [1.165, 1.54) is 0 Å². The quantitative estimate of drug-likeness (QED) is 0.870. The molecule has 0 amide bonds. The molecule has 0 spiro atoms. The Morgan fingerprint density at radius 3 is 3.06 bits per heavy atom. The highest BCUT2D eigenvalue weighted by molar-refractivity contribution is 8.00. The molecule has 0 aromatic carbocycles. The van der Waals surface area contributed by atoms with E-state index in [-0.39, 0.29) is 4.75 Å². The molecule has 1 aromatic rings. The van der Waals surface area contributed by atoms with Crippen LogP contribution in [-0.4, -0.2) is 37.0 Å². The van der Waals surface area contributed by atoms with E-state index >= 15 is 0 Å². The lowest BCUT2D eigenvalue weighted by Crippen LogP contribution is -2.25. The maximum Gasteiger partial charge on any atom is 0.308 e. The molecule has 1 aliphatic rings. The summed E-state index contributed by atoms with van der Waals surface area (Å²) < 4.78 is 1.57. The summed E-state index contributed by atoms with van der Waals surface area (Å²) in [4.78, 5) is 10.9. The number of tetrazole rings is 1.